The van der Waals surface area contributed by atoms with Gasteiger partial charge in [0.05, 0.1) is 46.1 Å². The lowest BCUT2D eigenvalue weighted by molar-refractivity contribution is -0.148. The molecule has 24 N–H and O–H groups in total. The topological polar surface area (TPSA) is 714 Å². The molecule has 2 aromatic rings. The van der Waals surface area contributed by atoms with Gasteiger partial charge in [0.25, 0.3) is 0 Å². The molecule has 4 aliphatic rings. The Labute approximate surface area is 826 Å². The van der Waals surface area contributed by atoms with Crippen molar-refractivity contribution in [3.63, 3.8) is 0 Å². The molecule has 0 spiro atoms. The Balaban J connectivity index is 1.10. The fraction of sp³-hybridized carbons (Fsp3) is 0.663. The van der Waals surface area contributed by atoms with E-state index < -0.39 is 212 Å². The zero-order chi connectivity index (χ0) is 103. The van der Waals surface area contributed by atoms with E-state index in [1.807, 2.05) is 0 Å². The smallest absolute Gasteiger partial charge is 0.317 e. The van der Waals surface area contributed by atoms with Crippen molar-refractivity contribution in [2.24, 2.45) is 16.5 Å². The number of ether oxygens (including phenoxy) is 2. The highest BCUT2D eigenvalue weighted by Gasteiger charge is 2.46. The maximum absolute atomic E-state index is 15.5. The molecule has 784 valence electrons. The second-order valence-corrected chi connectivity index (χ2v) is 37.8. The van der Waals surface area contributed by atoms with Gasteiger partial charge in [0.1, 0.15) is 73.1 Å². The van der Waals surface area contributed by atoms with Crippen molar-refractivity contribution in [3.8, 4) is 0 Å². The van der Waals surface area contributed by atoms with Crippen molar-refractivity contribution in [2.75, 3.05) is 103 Å². The SMILES string of the molecule is CC(=O)N[C@H]1CCSSCC[C@@H](C(=O)N2CCC[C@H]2C(=O)N2CCC[C@H]2C(=O)N[C@@H](CO)C(=O)N[C@@H](CCC(=O)O)C(=O)N[C@@H](CCCCN(CC(=O)O)CC(=O)O)C(=O)N[C@@H](CCCCNC(=O)COCCOCCNC(=O)CCCCCCCCCCCCCCC(=O)O)C(N)=O)NC(=O)[C@H](Cc2c[nH]c3ccccc23)NC(=O)[C@H](CCCNC(=N)N)NC(=O)CNC(=O)[C@H](CC2=CCC=N2)NC1=O. The van der Waals surface area contributed by atoms with Crippen LogP contribution in [0.3, 0.4) is 0 Å². The van der Waals surface area contributed by atoms with E-state index in [0.29, 0.717) is 41.5 Å². The lowest BCUT2D eigenvalue weighted by Crippen LogP contribution is -2.60. The molecule has 15 amide bonds. The Morgan fingerprint density at radius 2 is 1.12 bits per heavy atom. The van der Waals surface area contributed by atoms with Crippen LogP contribution in [-0.4, -0.2) is 340 Å². The van der Waals surface area contributed by atoms with E-state index in [4.69, 9.17) is 31.5 Å². The first-order valence-corrected chi connectivity index (χ1v) is 50.9. The predicted molar refractivity (Wildman–Crippen MR) is 519 cm³/mol. The third-order valence-electron chi connectivity index (χ3n) is 23.9. The lowest BCUT2D eigenvalue weighted by Gasteiger charge is -2.33. The Morgan fingerprint density at radius 1 is 0.553 bits per heavy atom. The number of nitrogens with two attached hydrogens (primary N) is 2. The van der Waals surface area contributed by atoms with Crippen LogP contribution in [0, 0.1) is 5.41 Å². The molecule has 141 heavy (non-hydrogen) atoms. The minimum Gasteiger partial charge on any atom is -0.481 e. The number of carbonyl (C=O) groups excluding carboxylic acids is 15. The first-order chi connectivity index (χ1) is 67.6. The molecular formula is C92H143N21O26S2. The fourth-order valence-corrected chi connectivity index (χ4v) is 18.7. The van der Waals surface area contributed by atoms with Crippen molar-refractivity contribution < 1.29 is 126 Å². The number of carboxylic acids is 4. The number of hydrogen-bond donors (Lipinski definition) is 22. The van der Waals surface area contributed by atoms with Crippen LogP contribution in [-0.2, 0) is 107 Å². The first-order valence-electron chi connectivity index (χ1n) is 48.5. The molecule has 11 atom stereocenters. The summed E-state index contributed by atoms with van der Waals surface area (Å²) in [7, 11) is 2.49. The third kappa shape index (κ3) is 46.0. The number of carboxylic acid groups (broad SMARTS) is 4. The monoisotopic (exact) mass is 2020 g/mol. The number of benzene rings is 1. The van der Waals surface area contributed by atoms with Gasteiger partial charge in [-0.15, -0.1) is 0 Å². The molecule has 0 aliphatic carbocycles. The Morgan fingerprint density at radius 3 is 1.75 bits per heavy atom. The van der Waals surface area contributed by atoms with Gasteiger partial charge in [-0.2, -0.15) is 0 Å². The number of allylic oxidation sites excluding steroid dienone is 1. The highest BCUT2D eigenvalue weighted by atomic mass is 33.1. The van der Waals surface area contributed by atoms with Crippen LogP contribution < -0.4 is 80.6 Å². The zero-order valence-electron chi connectivity index (χ0n) is 80.1. The Kier molecular flexibility index (Phi) is 54.9. The highest BCUT2D eigenvalue weighted by Crippen LogP contribution is 2.30. The summed E-state index contributed by atoms with van der Waals surface area (Å²) in [6.45, 7) is -1.63. The number of aromatic amines is 1. The van der Waals surface area contributed by atoms with Crippen LogP contribution >= 0.6 is 21.6 Å². The summed E-state index contributed by atoms with van der Waals surface area (Å²) >= 11 is 0. The molecule has 0 saturated carbocycles. The number of rotatable bonds is 61. The Bertz CT molecular complexity index is 4550. The molecular weight excluding hydrogens is 1880 g/mol. The van der Waals surface area contributed by atoms with Crippen LogP contribution in [0.2, 0.25) is 0 Å². The van der Waals surface area contributed by atoms with Gasteiger partial charge >= 0.3 is 23.9 Å². The molecule has 6 rings (SSSR count). The van der Waals surface area contributed by atoms with Crippen molar-refractivity contribution in [2.45, 2.75) is 285 Å². The number of likely N-dealkylation sites (tertiary alicyclic amines) is 2. The number of para-hydroxylation sites is 1. The number of aliphatic hydroxyl groups is 1. The summed E-state index contributed by atoms with van der Waals surface area (Å²) in [5, 5.41) is 90.8. The maximum Gasteiger partial charge on any atom is 0.317 e. The number of nitrogens with zero attached hydrogens (tertiary/aromatic N) is 4. The quantitative estimate of drug-likeness (QED) is 0.0169. The number of unbranched alkanes of at least 4 members (excludes halogenated alkanes) is 13. The van der Waals surface area contributed by atoms with Crippen molar-refractivity contribution >= 4 is 157 Å². The van der Waals surface area contributed by atoms with Gasteiger partial charge in [0, 0.05) is 119 Å². The number of H-pyrrole nitrogens is 1. The van der Waals surface area contributed by atoms with E-state index in [9.17, 15) is 97.1 Å². The summed E-state index contributed by atoms with van der Waals surface area (Å²) in [6, 6.07) is -9.11. The molecule has 3 saturated heterocycles. The Hall–Kier alpha value is -12.1. The molecule has 47 nitrogen and oxygen atoms in total. The molecule has 3 fully saturated rings. The molecule has 1 aromatic carbocycles. The van der Waals surface area contributed by atoms with Crippen LogP contribution in [0.1, 0.15) is 218 Å². The number of hydrogen-bond acceptors (Lipinski definition) is 27. The molecule has 0 radical (unpaired) electrons. The standard InChI is InChI=1S/C92H143N21O26S2/c1-58(115)102-67-36-48-140-141-49-37-68(107-87(133)69(50-59-52-100-62-26-15-14-25-61(59)62)108-83(129)64(29-21-40-99-92(94)95)103-75(117)53-101-82(128)70(109-86(67)132)51-60-24-20-39-96-60)90(136)113-44-23-31-73(113)91(137)112-43-22-30-72(112)89(135)110-71(56-114)88(134)106-66(34-35-78(121)122)85(131)105-65(28-17-19-42-111(54-79(123)124)55-80(125)126)84(130)104-63(81(93)127)27-16-18-38-97-76(118)57-139-47-46-138-45-41-98-74(116)32-12-10-8-6-4-2-3-5-7-9-11-13-33-77(119)120/h14-15,24-26,39,52,63-73,100,114H,2-13,16-23,27-38,40-51,53-57H2,1H3,(H2,93,127)(H,97,118)(H,98,116)(H,101,128)(H,102,115)(H,103,117)(H,104,130)(H,105,131)(H,106,134)(H,107,133)(H,108,129)(H,109,132)(H,110,135)(H,119,120)(H,121,122)(H,123,124)(H,125,126)(H4,94,95,99)/t63-,64-,65-,66-,67-,68-,69-,70-,71-,72-,73-/m0/s1. The largest absolute Gasteiger partial charge is 0.481 e. The second kappa shape index (κ2) is 65.8. The third-order valence-corrected chi connectivity index (χ3v) is 26.3. The normalized spacial score (nSPS) is 19.2. The van der Waals surface area contributed by atoms with Crippen LogP contribution in [0.4, 0.5) is 0 Å². The average Bonchev–Trinajstić information content (AvgIpc) is 1.66. The van der Waals surface area contributed by atoms with Gasteiger partial charge < -0.3 is 130 Å². The van der Waals surface area contributed by atoms with Gasteiger partial charge in [-0.25, -0.2) is 0 Å². The van der Waals surface area contributed by atoms with E-state index in [2.05, 4.69) is 79.1 Å². The number of aromatic nitrogens is 1. The predicted octanol–water partition coefficient (Wildman–Crippen LogP) is -0.656. The molecule has 49 heteroatoms. The number of aliphatic imine (C=N–C) groups is 1. The van der Waals surface area contributed by atoms with Crippen LogP contribution in [0.25, 0.3) is 10.9 Å². The number of guanidine groups is 1. The number of nitrogens with one attached hydrogen (secondary N) is 15. The summed E-state index contributed by atoms with van der Waals surface area (Å²) < 4.78 is 10.9. The number of amides is 15. The van der Waals surface area contributed by atoms with E-state index in [1.54, 1.807) is 42.8 Å². The number of primary amides is 1. The minimum atomic E-state index is -1.91. The van der Waals surface area contributed by atoms with Crippen molar-refractivity contribution in [3.05, 3.63) is 47.8 Å². The molecule has 1 aromatic heterocycles. The van der Waals surface area contributed by atoms with Crippen molar-refractivity contribution in [1.29, 1.82) is 5.41 Å². The fourth-order valence-electron chi connectivity index (χ4n) is 16.5. The van der Waals surface area contributed by atoms with Crippen LogP contribution in [0.5, 0.6) is 0 Å². The van der Waals surface area contributed by atoms with E-state index in [0.717, 1.165) is 69.1 Å². The van der Waals surface area contributed by atoms with E-state index in [1.165, 1.54) is 51.2 Å². The highest BCUT2D eigenvalue weighted by molar-refractivity contribution is 8.76. The van der Waals surface area contributed by atoms with Crippen molar-refractivity contribution in [1.82, 2.24) is 88.8 Å². The lowest BCUT2D eigenvalue weighted by atomic mass is 10.0. The van der Waals surface area contributed by atoms with E-state index >= 15 is 14.4 Å². The van der Waals surface area contributed by atoms with Gasteiger partial charge in [-0.3, -0.25) is 106 Å². The number of aliphatic carboxylic acids is 4. The molecule has 0 unspecified atom stereocenters. The number of aliphatic hydroxyl groups excluding tert-OH is 1. The molecule has 5 heterocycles. The van der Waals surface area contributed by atoms with Gasteiger partial charge in [-0.1, -0.05) is 110 Å². The summed E-state index contributed by atoms with van der Waals surface area (Å²) in [5.74, 6) is -17.1. The van der Waals surface area contributed by atoms with E-state index in [-0.39, 0.29) is 192 Å². The second-order valence-electron chi connectivity index (χ2n) is 35.1. The first kappa shape index (κ1) is 118. The summed E-state index contributed by atoms with van der Waals surface area (Å²) in [5.41, 5.74) is 13.0. The van der Waals surface area contributed by atoms with Gasteiger partial charge in [0.2, 0.25) is 88.6 Å². The summed E-state index contributed by atoms with van der Waals surface area (Å²) in [6.07, 6.45) is 17.3. The molecule has 4 aliphatic heterocycles. The zero-order valence-corrected chi connectivity index (χ0v) is 81.7. The van der Waals surface area contributed by atoms with Crippen LogP contribution in [0.15, 0.2) is 47.2 Å². The number of carbonyl (C=O) groups is 19. The van der Waals surface area contributed by atoms with Gasteiger partial charge in [-0.05, 0) is 127 Å². The maximum atomic E-state index is 15.5. The number of fused-ring (bicyclic) bond motifs is 1. The molecule has 0 bridgehead atoms. The average molecular weight is 2020 g/mol. The minimum absolute atomic E-state index is 0.0107. The van der Waals surface area contributed by atoms with Gasteiger partial charge in [0.15, 0.2) is 5.96 Å². The summed E-state index contributed by atoms with van der Waals surface area (Å²) in [4.78, 5) is 268.